The van der Waals surface area contributed by atoms with Gasteiger partial charge in [-0.25, -0.2) is 4.98 Å². The largest absolute Gasteiger partial charge is 0.391 e. The van der Waals surface area contributed by atoms with Crippen molar-refractivity contribution in [1.82, 2.24) is 14.5 Å². The van der Waals surface area contributed by atoms with Crippen molar-refractivity contribution in [3.8, 4) is 0 Å². The first-order valence-electron chi connectivity index (χ1n) is 9.22. The molecule has 2 unspecified atom stereocenters. The fraction of sp³-hybridized carbons (Fsp3) is 0.579. The van der Waals surface area contributed by atoms with Crippen molar-refractivity contribution < 1.29 is 5.11 Å². The number of fused-ring (bicyclic) bond motifs is 1. The molecular weight excluding hydrogens is 316 g/mol. The Morgan fingerprint density at radius 1 is 1.16 bits per heavy atom. The fourth-order valence-electron chi connectivity index (χ4n) is 3.89. The summed E-state index contributed by atoms with van der Waals surface area (Å²) in [5.74, 6) is 0. The molecule has 1 aromatic carbocycles. The molecule has 0 bridgehead atoms. The summed E-state index contributed by atoms with van der Waals surface area (Å²) < 4.78 is 1.67. The van der Waals surface area contributed by atoms with Crippen LogP contribution in [-0.2, 0) is 0 Å². The monoisotopic (exact) mass is 342 g/mol. The van der Waals surface area contributed by atoms with Gasteiger partial charge in [0, 0.05) is 44.0 Å². The molecule has 2 aromatic rings. The Morgan fingerprint density at radius 2 is 1.92 bits per heavy atom. The molecule has 1 N–H and O–H groups in total. The van der Waals surface area contributed by atoms with E-state index in [4.69, 9.17) is 0 Å². The van der Waals surface area contributed by atoms with Crippen LogP contribution in [0.1, 0.15) is 32.7 Å². The Bertz CT molecular complexity index is 824. The van der Waals surface area contributed by atoms with Gasteiger partial charge in [0.2, 0.25) is 0 Å². The van der Waals surface area contributed by atoms with E-state index in [1.165, 1.54) is 0 Å². The predicted octanol–water partition coefficient (Wildman–Crippen LogP) is 1.62. The summed E-state index contributed by atoms with van der Waals surface area (Å²) in [6, 6.07) is 6.43. The van der Waals surface area contributed by atoms with Crippen molar-refractivity contribution in [2.75, 3.05) is 31.1 Å². The third-order valence-electron chi connectivity index (χ3n) is 5.67. The molecule has 1 aromatic heterocycles. The third-order valence-corrected chi connectivity index (χ3v) is 5.67. The van der Waals surface area contributed by atoms with Gasteiger partial charge in [0.25, 0.3) is 5.56 Å². The molecule has 134 valence electrons. The SMILES string of the molecule is CC(C)n1cnc2cc(N3CCN(C4CCC4O)CC3)ccc2c1=O. The van der Waals surface area contributed by atoms with Gasteiger partial charge in [-0.3, -0.25) is 14.3 Å². The highest BCUT2D eigenvalue weighted by Gasteiger charge is 2.35. The van der Waals surface area contributed by atoms with Crippen LogP contribution < -0.4 is 10.5 Å². The molecule has 6 nitrogen and oxygen atoms in total. The molecule has 4 rings (SSSR count). The number of piperazine rings is 1. The number of rotatable bonds is 3. The van der Waals surface area contributed by atoms with Crippen LogP contribution in [0, 0.1) is 0 Å². The van der Waals surface area contributed by atoms with Crippen molar-refractivity contribution in [3.63, 3.8) is 0 Å². The van der Waals surface area contributed by atoms with Crippen LogP contribution in [0.5, 0.6) is 0 Å². The number of hydrogen-bond donors (Lipinski definition) is 1. The average Bonchev–Trinajstić information content (AvgIpc) is 2.61. The van der Waals surface area contributed by atoms with Gasteiger partial charge < -0.3 is 10.0 Å². The molecular formula is C19H26N4O2. The second-order valence-corrected chi connectivity index (χ2v) is 7.49. The number of aliphatic hydroxyl groups is 1. The van der Waals surface area contributed by atoms with Crippen LogP contribution in [0.3, 0.4) is 0 Å². The molecule has 0 amide bonds. The standard InChI is InChI=1S/C19H26N4O2/c1-13(2)23-12-20-16-11-14(3-4-15(16)19(23)25)21-7-9-22(10-8-21)17-5-6-18(17)24/h3-4,11-13,17-18,24H,5-10H2,1-2H3. The zero-order chi connectivity index (χ0) is 17.6. The Labute approximate surface area is 147 Å². The van der Waals surface area contributed by atoms with Gasteiger partial charge in [0.15, 0.2) is 0 Å². The maximum absolute atomic E-state index is 12.5. The summed E-state index contributed by atoms with van der Waals surface area (Å²) in [7, 11) is 0. The Kier molecular flexibility index (Phi) is 4.25. The van der Waals surface area contributed by atoms with E-state index in [1.54, 1.807) is 10.9 Å². The van der Waals surface area contributed by atoms with E-state index in [1.807, 2.05) is 32.0 Å². The topological polar surface area (TPSA) is 61.6 Å². The van der Waals surface area contributed by atoms with Crippen LogP contribution in [-0.4, -0.2) is 57.9 Å². The number of nitrogens with zero attached hydrogens (tertiary/aromatic N) is 4. The van der Waals surface area contributed by atoms with E-state index in [2.05, 4.69) is 14.8 Å². The third kappa shape index (κ3) is 2.93. The highest BCUT2D eigenvalue weighted by molar-refractivity contribution is 5.81. The molecule has 1 aliphatic heterocycles. The molecule has 2 fully saturated rings. The van der Waals surface area contributed by atoms with Crippen LogP contribution >= 0.6 is 0 Å². The van der Waals surface area contributed by atoms with Crippen molar-refractivity contribution in [2.45, 2.75) is 44.9 Å². The first-order valence-corrected chi connectivity index (χ1v) is 9.22. The lowest BCUT2D eigenvalue weighted by molar-refractivity contribution is -0.0229. The second-order valence-electron chi connectivity index (χ2n) is 7.49. The molecule has 25 heavy (non-hydrogen) atoms. The van der Waals surface area contributed by atoms with Crippen molar-refractivity contribution in [2.24, 2.45) is 0 Å². The quantitative estimate of drug-likeness (QED) is 0.918. The molecule has 0 spiro atoms. The molecule has 2 heterocycles. The number of aliphatic hydroxyl groups excluding tert-OH is 1. The summed E-state index contributed by atoms with van der Waals surface area (Å²) >= 11 is 0. The molecule has 2 atom stereocenters. The lowest BCUT2D eigenvalue weighted by atomic mass is 9.87. The Hall–Kier alpha value is -1.92. The minimum atomic E-state index is -0.139. The second kappa shape index (κ2) is 6.42. The van der Waals surface area contributed by atoms with Crippen LogP contribution in [0.2, 0.25) is 0 Å². The van der Waals surface area contributed by atoms with Gasteiger partial charge >= 0.3 is 0 Å². The number of aromatic nitrogens is 2. The highest BCUT2D eigenvalue weighted by atomic mass is 16.3. The van der Waals surface area contributed by atoms with E-state index >= 15 is 0 Å². The molecule has 1 saturated heterocycles. The first kappa shape index (κ1) is 16.5. The lowest BCUT2D eigenvalue weighted by Gasteiger charge is -2.46. The summed E-state index contributed by atoms with van der Waals surface area (Å²) in [5, 5.41) is 10.5. The maximum Gasteiger partial charge on any atom is 0.261 e. The summed E-state index contributed by atoms with van der Waals surface area (Å²) in [4.78, 5) is 21.8. The summed E-state index contributed by atoms with van der Waals surface area (Å²) in [6.07, 6.45) is 3.56. The van der Waals surface area contributed by atoms with Crippen molar-refractivity contribution >= 4 is 16.6 Å². The molecule has 2 aliphatic rings. The number of benzene rings is 1. The maximum atomic E-state index is 12.5. The molecule has 1 aliphatic carbocycles. The smallest absolute Gasteiger partial charge is 0.261 e. The lowest BCUT2D eigenvalue weighted by Crippen LogP contribution is -2.57. The van der Waals surface area contributed by atoms with E-state index in [-0.39, 0.29) is 17.7 Å². The first-order chi connectivity index (χ1) is 12.0. The van der Waals surface area contributed by atoms with Crippen LogP contribution in [0.4, 0.5) is 5.69 Å². The number of anilines is 1. The van der Waals surface area contributed by atoms with Gasteiger partial charge in [-0.2, -0.15) is 0 Å². The van der Waals surface area contributed by atoms with Gasteiger partial charge in [0.05, 0.1) is 23.3 Å². The van der Waals surface area contributed by atoms with Crippen LogP contribution in [0.25, 0.3) is 10.9 Å². The number of hydrogen-bond acceptors (Lipinski definition) is 5. The molecule has 1 saturated carbocycles. The van der Waals surface area contributed by atoms with Gasteiger partial charge in [-0.1, -0.05) is 0 Å². The van der Waals surface area contributed by atoms with E-state index < -0.39 is 0 Å². The van der Waals surface area contributed by atoms with Gasteiger partial charge in [0.1, 0.15) is 0 Å². The van der Waals surface area contributed by atoms with Crippen LogP contribution in [0.15, 0.2) is 29.3 Å². The minimum absolute atomic E-state index is 0.0235. The van der Waals surface area contributed by atoms with E-state index in [9.17, 15) is 9.90 Å². The summed E-state index contributed by atoms with van der Waals surface area (Å²) in [5.41, 5.74) is 1.90. The average molecular weight is 342 g/mol. The predicted molar refractivity (Wildman–Crippen MR) is 99.2 cm³/mol. The normalized spacial score (nSPS) is 24.7. The van der Waals surface area contributed by atoms with Gasteiger partial charge in [-0.15, -0.1) is 0 Å². The van der Waals surface area contributed by atoms with Crippen molar-refractivity contribution in [3.05, 3.63) is 34.9 Å². The van der Waals surface area contributed by atoms with Gasteiger partial charge in [-0.05, 0) is 44.9 Å². The Morgan fingerprint density at radius 3 is 2.52 bits per heavy atom. The van der Waals surface area contributed by atoms with E-state index in [0.717, 1.165) is 50.2 Å². The zero-order valence-electron chi connectivity index (χ0n) is 14.9. The fourth-order valence-corrected chi connectivity index (χ4v) is 3.89. The highest BCUT2D eigenvalue weighted by Crippen LogP contribution is 2.28. The molecule has 0 radical (unpaired) electrons. The molecule has 6 heteroatoms. The zero-order valence-corrected chi connectivity index (χ0v) is 14.9. The summed E-state index contributed by atoms with van der Waals surface area (Å²) in [6.45, 7) is 7.81. The van der Waals surface area contributed by atoms with E-state index in [0.29, 0.717) is 11.4 Å². The van der Waals surface area contributed by atoms with Crippen molar-refractivity contribution in [1.29, 1.82) is 0 Å². The minimum Gasteiger partial charge on any atom is -0.391 e. The Balaban J connectivity index is 1.53.